The highest BCUT2D eigenvalue weighted by Crippen LogP contribution is 2.35. The predicted octanol–water partition coefficient (Wildman–Crippen LogP) is 1.05. The van der Waals surface area contributed by atoms with Crippen LogP contribution >= 0.6 is 0 Å². The van der Waals surface area contributed by atoms with Crippen LogP contribution in [-0.4, -0.2) is 59.4 Å². The van der Waals surface area contributed by atoms with Crippen molar-refractivity contribution in [1.29, 1.82) is 0 Å². The summed E-state index contributed by atoms with van der Waals surface area (Å²) in [4.78, 5) is 27.1. The van der Waals surface area contributed by atoms with Gasteiger partial charge in [0.25, 0.3) is 0 Å². The van der Waals surface area contributed by atoms with Gasteiger partial charge in [-0.1, -0.05) is 26.5 Å². The second-order valence-electron chi connectivity index (χ2n) is 7.28. The fourth-order valence-corrected chi connectivity index (χ4v) is 3.79. The molecule has 0 aromatic heterocycles. The maximum atomic E-state index is 12.5. The second kappa shape index (κ2) is 6.01. The minimum atomic E-state index is -1.70. The molecular weight excluding hydrogens is 310 g/mol. The maximum Gasteiger partial charge on any atom is 0.338 e. The first-order valence-corrected chi connectivity index (χ1v) is 8.45. The molecule has 0 aromatic carbocycles. The second-order valence-corrected chi connectivity index (χ2v) is 7.28. The van der Waals surface area contributed by atoms with Crippen molar-refractivity contribution in [2.24, 2.45) is 11.8 Å². The quantitative estimate of drug-likeness (QED) is 0.405. The summed E-state index contributed by atoms with van der Waals surface area (Å²) in [5.41, 5.74) is -0.491. The number of rotatable bonds is 0. The molecule has 0 saturated carbocycles. The third kappa shape index (κ3) is 2.67. The van der Waals surface area contributed by atoms with Crippen molar-refractivity contribution in [2.75, 3.05) is 19.7 Å². The van der Waals surface area contributed by atoms with Gasteiger partial charge in [-0.2, -0.15) is 0 Å². The van der Waals surface area contributed by atoms with E-state index in [9.17, 15) is 14.7 Å². The molecule has 24 heavy (non-hydrogen) atoms. The number of hydrogen-bond acceptors (Lipinski definition) is 6. The van der Waals surface area contributed by atoms with Gasteiger partial charge in [-0.15, -0.1) is 0 Å². The summed E-state index contributed by atoms with van der Waals surface area (Å²) in [6.07, 6.45) is 2.53. The minimum Gasteiger partial charge on any atom is -0.459 e. The van der Waals surface area contributed by atoms with E-state index in [1.807, 2.05) is 6.08 Å². The topological polar surface area (TPSA) is 76.1 Å². The predicted molar refractivity (Wildman–Crippen MR) is 87.0 cm³/mol. The molecule has 0 aromatic rings. The van der Waals surface area contributed by atoms with E-state index in [4.69, 9.17) is 9.47 Å². The number of ether oxygens (including phenoxy) is 2. The highest BCUT2D eigenvalue weighted by atomic mass is 16.6. The average molecular weight is 335 g/mol. The Balaban J connectivity index is 1.92. The summed E-state index contributed by atoms with van der Waals surface area (Å²) in [7, 11) is 0. The Kier molecular flexibility index (Phi) is 4.30. The smallest absolute Gasteiger partial charge is 0.338 e. The van der Waals surface area contributed by atoms with Crippen LogP contribution < -0.4 is 0 Å². The molecule has 1 N–H and O–H groups in total. The summed E-state index contributed by atoms with van der Waals surface area (Å²) in [6.45, 7) is 10.5. The molecule has 3 aliphatic heterocycles. The van der Waals surface area contributed by atoms with E-state index >= 15 is 0 Å². The molecule has 2 fully saturated rings. The third-order valence-electron chi connectivity index (χ3n) is 5.90. The highest BCUT2D eigenvalue weighted by molar-refractivity contribution is 5.89. The van der Waals surface area contributed by atoms with E-state index in [0.29, 0.717) is 0 Å². The fourth-order valence-electron chi connectivity index (χ4n) is 3.79. The van der Waals surface area contributed by atoms with Gasteiger partial charge in [0.05, 0.1) is 6.04 Å². The molecule has 2 saturated heterocycles. The van der Waals surface area contributed by atoms with E-state index in [2.05, 4.69) is 11.5 Å². The molecule has 0 amide bonds. The molecule has 6 heteroatoms. The number of aliphatic hydroxyl groups is 1. The van der Waals surface area contributed by atoms with Gasteiger partial charge < -0.3 is 14.6 Å². The van der Waals surface area contributed by atoms with Gasteiger partial charge in [0.15, 0.2) is 5.60 Å². The Bertz CT molecular complexity index is 609. The first kappa shape index (κ1) is 17.2. The van der Waals surface area contributed by atoms with Crippen LogP contribution in [0.5, 0.6) is 0 Å². The zero-order valence-electron chi connectivity index (χ0n) is 14.4. The van der Waals surface area contributed by atoms with Crippen molar-refractivity contribution in [3.05, 3.63) is 23.8 Å². The number of cyclic esters (lactones) is 1. The Hall–Kier alpha value is -1.66. The SMILES string of the molecule is C=C1C(=O)OC2CCN3CC=C(COC(=O)C(C)(O)C(C)C1C)[C@H]23. The van der Waals surface area contributed by atoms with Gasteiger partial charge in [-0.3, -0.25) is 4.90 Å². The van der Waals surface area contributed by atoms with Gasteiger partial charge in [0.2, 0.25) is 0 Å². The van der Waals surface area contributed by atoms with Crippen LogP contribution in [0, 0.1) is 11.8 Å². The van der Waals surface area contributed by atoms with E-state index in [1.54, 1.807) is 13.8 Å². The van der Waals surface area contributed by atoms with Gasteiger partial charge in [-0.05, 0) is 24.8 Å². The molecule has 4 unspecified atom stereocenters. The van der Waals surface area contributed by atoms with Crippen molar-refractivity contribution in [3.8, 4) is 0 Å². The lowest BCUT2D eigenvalue weighted by Crippen LogP contribution is -2.47. The summed E-state index contributed by atoms with van der Waals surface area (Å²) >= 11 is 0. The van der Waals surface area contributed by atoms with Crippen molar-refractivity contribution >= 4 is 11.9 Å². The third-order valence-corrected chi connectivity index (χ3v) is 5.90. The Morgan fingerprint density at radius 2 is 2.08 bits per heavy atom. The molecule has 3 heterocycles. The largest absolute Gasteiger partial charge is 0.459 e. The summed E-state index contributed by atoms with van der Waals surface area (Å²) in [5, 5.41) is 10.6. The number of esters is 2. The minimum absolute atomic E-state index is 0.0494. The van der Waals surface area contributed by atoms with Crippen LogP contribution in [0.4, 0.5) is 0 Å². The van der Waals surface area contributed by atoms with E-state index in [-0.39, 0.29) is 24.3 Å². The van der Waals surface area contributed by atoms with E-state index in [1.165, 1.54) is 6.92 Å². The molecule has 0 aliphatic carbocycles. The molecule has 0 spiro atoms. The molecule has 5 atom stereocenters. The number of nitrogens with zero attached hydrogens (tertiary/aromatic N) is 1. The molecular formula is C18H25NO5. The highest BCUT2D eigenvalue weighted by Gasteiger charge is 2.46. The van der Waals surface area contributed by atoms with Crippen LogP contribution in [0.1, 0.15) is 27.2 Å². The van der Waals surface area contributed by atoms with Crippen molar-refractivity contribution in [3.63, 3.8) is 0 Å². The lowest BCUT2D eigenvalue weighted by molar-refractivity contribution is -0.170. The zero-order valence-corrected chi connectivity index (χ0v) is 14.4. The van der Waals surface area contributed by atoms with Crippen LogP contribution in [0.15, 0.2) is 23.8 Å². The van der Waals surface area contributed by atoms with Crippen LogP contribution in [0.3, 0.4) is 0 Å². The standard InChI is InChI=1S/C18H25NO5/c1-10-11(2)16(20)24-14-6-8-19-7-5-13(15(14)19)9-23-17(21)18(4,22)12(10)3/h5,10,12,14-15,22H,2,6-9H2,1,3-4H3/t10?,12?,14?,15-,18?/m1/s1. The first-order valence-electron chi connectivity index (χ1n) is 8.45. The van der Waals surface area contributed by atoms with Crippen LogP contribution in [0.25, 0.3) is 0 Å². The Morgan fingerprint density at radius 3 is 2.79 bits per heavy atom. The Labute approximate surface area is 142 Å². The van der Waals surface area contributed by atoms with Gasteiger partial charge in [-0.25, -0.2) is 9.59 Å². The normalized spacial score (nSPS) is 41.0. The molecule has 3 aliphatic rings. The molecule has 132 valence electrons. The number of hydrogen-bond donors (Lipinski definition) is 1. The average Bonchev–Trinajstić information content (AvgIpc) is 3.12. The lowest BCUT2D eigenvalue weighted by Gasteiger charge is -2.34. The van der Waals surface area contributed by atoms with Gasteiger partial charge >= 0.3 is 11.9 Å². The fraction of sp³-hybridized carbons (Fsp3) is 0.667. The molecule has 6 nitrogen and oxygen atoms in total. The Morgan fingerprint density at radius 1 is 1.38 bits per heavy atom. The first-order chi connectivity index (χ1) is 11.2. The van der Waals surface area contributed by atoms with Crippen molar-refractivity contribution in [2.45, 2.75) is 44.9 Å². The summed E-state index contributed by atoms with van der Waals surface area (Å²) < 4.78 is 11.1. The lowest BCUT2D eigenvalue weighted by atomic mass is 9.78. The van der Waals surface area contributed by atoms with E-state index < -0.39 is 29.4 Å². The van der Waals surface area contributed by atoms with Crippen molar-refractivity contribution < 1.29 is 24.2 Å². The van der Waals surface area contributed by atoms with Gasteiger partial charge in [0.1, 0.15) is 12.7 Å². The van der Waals surface area contributed by atoms with Crippen LogP contribution in [0.2, 0.25) is 0 Å². The zero-order chi connectivity index (χ0) is 17.6. The number of carbonyl (C=O) groups excluding carboxylic acids is 2. The molecule has 0 radical (unpaired) electrons. The van der Waals surface area contributed by atoms with Crippen LogP contribution in [-0.2, 0) is 19.1 Å². The van der Waals surface area contributed by atoms with Crippen molar-refractivity contribution in [1.82, 2.24) is 4.90 Å². The molecule has 3 rings (SSSR count). The van der Waals surface area contributed by atoms with Gasteiger partial charge in [0, 0.05) is 24.6 Å². The molecule has 0 bridgehead atoms. The maximum absolute atomic E-state index is 12.5. The monoisotopic (exact) mass is 335 g/mol. The summed E-state index contributed by atoms with van der Waals surface area (Å²) in [6, 6.07) is -0.0494. The number of carbonyl (C=O) groups is 2. The van der Waals surface area contributed by atoms with E-state index in [0.717, 1.165) is 25.1 Å². The summed E-state index contributed by atoms with van der Waals surface area (Å²) in [5.74, 6) is -2.05.